The molecule has 4 aromatic rings. The first kappa shape index (κ1) is 33.8. The molecule has 12 heteroatoms. The molecule has 0 radical (unpaired) electrons. The van der Waals surface area contributed by atoms with E-state index >= 15 is 0 Å². The van der Waals surface area contributed by atoms with Gasteiger partial charge in [-0.05, 0) is 72.0 Å². The first-order valence-corrected chi connectivity index (χ1v) is 15.4. The van der Waals surface area contributed by atoms with E-state index in [2.05, 4.69) is 64.5 Å². The van der Waals surface area contributed by atoms with Gasteiger partial charge < -0.3 is 20.1 Å². The quantitative estimate of drug-likeness (QED) is 0.232. The Labute approximate surface area is 272 Å². The van der Waals surface area contributed by atoms with Gasteiger partial charge in [0.1, 0.15) is 11.4 Å². The molecule has 0 atom stereocenters. The Kier molecular flexibility index (Phi) is 9.83. The molecule has 2 N–H and O–H groups in total. The van der Waals surface area contributed by atoms with Gasteiger partial charge in [-0.2, -0.15) is 13.2 Å². The minimum absolute atomic E-state index is 0.0476. The standard InChI is InChI=1S/C35H39F3N6O3/c1-22-6-8-27(41-32(45)25-14-24(15-26(16-25)34(2,3)4)21-44-12-10-43(5)11-13-44)17-28(22)29-18-30(47-42-29)33(46)40-20-23-7-9-31(39-19-23)35(36,37)38/h6-9,14-19H,10-13,20-21H2,1-5H3,(H,40,46)(H,41,45). The Morgan fingerprint density at radius 1 is 0.915 bits per heavy atom. The number of benzene rings is 2. The fraction of sp³-hybridized carbons (Fsp3) is 0.371. The van der Waals surface area contributed by atoms with Crippen LogP contribution in [0.4, 0.5) is 18.9 Å². The highest BCUT2D eigenvalue weighted by atomic mass is 19.4. The molecular weight excluding hydrogens is 609 g/mol. The summed E-state index contributed by atoms with van der Waals surface area (Å²) in [4.78, 5) is 34.4. The van der Waals surface area contributed by atoms with E-state index in [9.17, 15) is 22.8 Å². The highest BCUT2D eigenvalue weighted by molar-refractivity contribution is 6.05. The number of pyridine rings is 1. The van der Waals surface area contributed by atoms with E-state index in [0.717, 1.165) is 61.7 Å². The van der Waals surface area contributed by atoms with E-state index in [0.29, 0.717) is 28.1 Å². The molecule has 1 saturated heterocycles. The number of nitrogens with one attached hydrogen (secondary N) is 2. The summed E-state index contributed by atoms with van der Waals surface area (Å²) in [6.45, 7) is 13.0. The van der Waals surface area contributed by atoms with Crippen LogP contribution in [-0.4, -0.2) is 65.0 Å². The zero-order valence-corrected chi connectivity index (χ0v) is 27.2. The molecule has 0 saturated carbocycles. The number of halogens is 3. The van der Waals surface area contributed by atoms with Crippen molar-refractivity contribution in [3.05, 3.63) is 100 Å². The van der Waals surface area contributed by atoms with Gasteiger partial charge >= 0.3 is 6.18 Å². The van der Waals surface area contributed by atoms with E-state index in [-0.39, 0.29) is 23.6 Å². The van der Waals surface area contributed by atoms with Crippen molar-refractivity contribution in [2.24, 2.45) is 0 Å². The Hall–Kier alpha value is -4.55. The van der Waals surface area contributed by atoms with Crippen LogP contribution in [0.2, 0.25) is 0 Å². The van der Waals surface area contributed by atoms with Crippen molar-refractivity contribution in [1.82, 2.24) is 25.3 Å². The number of carbonyl (C=O) groups excluding carboxylic acids is 2. The van der Waals surface area contributed by atoms with Crippen LogP contribution in [0.5, 0.6) is 0 Å². The molecule has 2 aromatic heterocycles. The smallest absolute Gasteiger partial charge is 0.350 e. The second-order valence-corrected chi connectivity index (χ2v) is 13.0. The SMILES string of the molecule is Cc1ccc(NC(=O)c2cc(CN3CCN(C)CC3)cc(C(C)(C)C)c2)cc1-c1cc(C(=O)NCc2ccc(C(F)(F)F)nc2)on1. The summed E-state index contributed by atoms with van der Waals surface area (Å²) in [6.07, 6.45) is -3.48. The molecule has 9 nitrogen and oxygen atoms in total. The van der Waals surface area contributed by atoms with Gasteiger partial charge in [-0.3, -0.25) is 19.5 Å². The van der Waals surface area contributed by atoms with E-state index in [1.54, 1.807) is 12.1 Å². The molecule has 1 aliphatic heterocycles. The number of amides is 2. The van der Waals surface area contributed by atoms with Gasteiger partial charge in [0.15, 0.2) is 0 Å². The van der Waals surface area contributed by atoms with E-state index in [1.165, 1.54) is 12.1 Å². The van der Waals surface area contributed by atoms with E-state index in [4.69, 9.17) is 4.52 Å². The maximum Gasteiger partial charge on any atom is 0.433 e. The Morgan fingerprint density at radius 3 is 2.32 bits per heavy atom. The first-order valence-electron chi connectivity index (χ1n) is 15.4. The molecule has 2 amide bonds. The molecular formula is C35H39F3N6O3. The lowest BCUT2D eigenvalue weighted by atomic mass is 9.85. The number of hydrogen-bond donors (Lipinski definition) is 2. The molecule has 0 aliphatic carbocycles. The van der Waals surface area contributed by atoms with Gasteiger partial charge in [0.2, 0.25) is 5.76 Å². The summed E-state index contributed by atoms with van der Waals surface area (Å²) in [6, 6.07) is 15.1. The number of hydrogen-bond acceptors (Lipinski definition) is 7. The van der Waals surface area contributed by atoms with Crippen LogP contribution in [0, 0.1) is 6.92 Å². The average Bonchev–Trinajstić information content (AvgIpc) is 3.51. The van der Waals surface area contributed by atoms with Crippen molar-refractivity contribution in [3.63, 3.8) is 0 Å². The molecule has 0 bridgehead atoms. The van der Waals surface area contributed by atoms with Gasteiger partial charge in [0, 0.05) is 68.3 Å². The molecule has 3 heterocycles. The van der Waals surface area contributed by atoms with Crippen LogP contribution in [0.1, 0.15) is 69.6 Å². The van der Waals surface area contributed by atoms with Crippen molar-refractivity contribution < 1.29 is 27.3 Å². The highest BCUT2D eigenvalue weighted by Crippen LogP contribution is 2.29. The zero-order chi connectivity index (χ0) is 33.9. The molecule has 1 aliphatic rings. The fourth-order valence-corrected chi connectivity index (χ4v) is 5.27. The lowest BCUT2D eigenvalue weighted by Gasteiger charge is -2.32. The Balaban J connectivity index is 1.28. The summed E-state index contributed by atoms with van der Waals surface area (Å²) in [5.74, 6) is -0.888. The van der Waals surface area contributed by atoms with E-state index < -0.39 is 17.8 Å². The van der Waals surface area contributed by atoms with Gasteiger partial charge in [-0.25, -0.2) is 0 Å². The van der Waals surface area contributed by atoms with Crippen molar-refractivity contribution in [3.8, 4) is 11.3 Å². The monoisotopic (exact) mass is 648 g/mol. The summed E-state index contributed by atoms with van der Waals surface area (Å²) in [5, 5.41) is 9.68. The lowest BCUT2D eigenvalue weighted by molar-refractivity contribution is -0.141. The van der Waals surface area contributed by atoms with Gasteiger partial charge in [0.25, 0.3) is 11.8 Å². The minimum atomic E-state index is -4.54. The number of aryl methyl sites for hydroxylation is 1. The second kappa shape index (κ2) is 13.7. The molecule has 1 fully saturated rings. The molecule has 2 aromatic carbocycles. The number of carbonyl (C=O) groups is 2. The van der Waals surface area contributed by atoms with Crippen molar-refractivity contribution >= 4 is 17.5 Å². The summed E-state index contributed by atoms with van der Waals surface area (Å²) in [5.41, 5.74) is 4.46. The van der Waals surface area contributed by atoms with Gasteiger partial charge in [0.05, 0.1) is 0 Å². The number of anilines is 1. The maximum absolute atomic E-state index is 13.6. The normalized spacial score (nSPS) is 14.6. The van der Waals surface area contributed by atoms with Crippen molar-refractivity contribution in [2.45, 2.75) is 52.4 Å². The molecule has 0 spiro atoms. The fourth-order valence-electron chi connectivity index (χ4n) is 5.27. The third kappa shape index (κ3) is 8.63. The number of alkyl halides is 3. The number of piperazine rings is 1. The summed E-state index contributed by atoms with van der Waals surface area (Å²) in [7, 11) is 2.13. The summed E-state index contributed by atoms with van der Waals surface area (Å²) < 4.78 is 43.6. The third-order valence-corrected chi connectivity index (χ3v) is 8.20. The Morgan fingerprint density at radius 2 is 1.66 bits per heavy atom. The molecule has 0 unspecified atom stereocenters. The van der Waals surface area contributed by atoms with Gasteiger partial charge in [-0.1, -0.05) is 44.1 Å². The van der Waals surface area contributed by atoms with Crippen LogP contribution in [0.3, 0.4) is 0 Å². The lowest BCUT2D eigenvalue weighted by Crippen LogP contribution is -2.43. The molecule has 248 valence electrons. The minimum Gasteiger partial charge on any atom is -0.350 e. The second-order valence-electron chi connectivity index (χ2n) is 13.0. The first-order chi connectivity index (χ1) is 22.2. The topological polar surface area (TPSA) is 104 Å². The number of nitrogens with zero attached hydrogens (tertiary/aromatic N) is 4. The number of rotatable bonds is 8. The largest absolute Gasteiger partial charge is 0.433 e. The third-order valence-electron chi connectivity index (χ3n) is 8.20. The number of likely N-dealkylation sites (N-methyl/N-ethyl adjacent to an activating group) is 1. The predicted octanol–water partition coefficient (Wildman–Crippen LogP) is 6.29. The Bertz CT molecular complexity index is 1740. The number of aromatic nitrogens is 2. The molecule has 47 heavy (non-hydrogen) atoms. The highest BCUT2D eigenvalue weighted by Gasteiger charge is 2.32. The summed E-state index contributed by atoms with van der Waals surface area (Å²) >= 11 is 0. The molecule has 5 rings (SSSR count). The zero-order valence-electron chi connectivity index (χ0n) is 27.2. The van der Waals surface area contributed by atoms with Crippen molar-refractivity contribution in [1.29, 1.82) is 0 Å². The van der Waals surface area contributed by atoms with E-state index in [1.807, 2.05) is 25.1 Å². The average molecular weight is 649 g/mol. The maximum atomic E-state index is 13.6. The predicted molar refractivity (Wildman–Crippen MR) is 173 cm³/mol. The van der Waals surface area contributed by atoms with Gasteiger partial charge in [-0.15, -0.1) is 0 Å². The van der Waals surface area contributed by atoms with Crippen LogP contribution in [0.15, 0.2) is 65.3 Å². The van der Waals surface area contributed by atoms with Crippen LogP contribution in [-0.2, 0) is 24.7 Å². The van der Waals surface area contributed by atoms with Crippen molar-refractivity contribution in [2.75, 3.05) is 38.5 Å². The van der Waals surface area contributed by atoms with Crippen LogP contribution < -0.4 is 10.6 Å². The van der Waals surface area contributed by atoms with Crippen LogP contribution in [0.25, 0.3) is 11.3 Å². The van der Waals surface area contributed by atoms with Crippen LogP contribution >= 0.6 is 0 Å².